The SMILES string of the molecule is CC(c1ccc(F)cc1)n1cncc1C1C(=O)OCC2CN(C(=O)OC(C)(C)C)CCN21. The molecule has 4 rings (SSSR count). The molecule has 8 nitrogen and oxygen atoms in total. The number of benzene rings is 1. The van der Waals surface area contributed by atoms with Crippen molar-refractivity contribution in [1.29, 1.82) is 0 Å². The molecule has 32 heavy (non-hydrogen) atoms. The largest absolute Gasteiger partial charge is 0.462 e. The predicted molar refractivity (Wildman–Crippen MR) is 114 cm³/mol. The maximum absolute atomic E-state index is 13.4. The molecule has 0 N–H and O–H groups in total. The molecule has 0 saturated carbocycles. The molecule has 1 amide bonds. The first kappa shape index (κ1) is 22.3. The summed E-state index contributed by atoms with van der Waals surface area (Å²) in [7, 11) is 0. The third-order valence-electron chi connectivity index (χ3n) is 5.90. The van der Waals surface area contributed by atoms with Crippen LogP contribution in [0.15, 0.2) is 36.8 Å². The molecule has 3 unspecified atom stereocenters. The van der Waals surface area contributed by atoms with Gasteiger partial charge >= 0.3 is 12.1 Å². The predicted octanol–water partition coefficient (Wildman–Crippen LogP) is 3.15. The minimum atomic E-state index is -0.625. The van der Waals surface area contributed by atoms with Gasteiger partial charge in [0.15, 0.2) is 6.04 Å². The van der Waals surface area contributed by atoms with E-state index in [4.69, 9.17) is 9.47 Å². The van der Waals surface area contributed by atoms with Gasteiger partial charge in [-0.25, -0.2) is 19.0 Å². The number of piperazine rings is 1. The van der Waals surface area contributed by atoms with Gasteiger partial charge in [-0.3, -0.25) is 4.90 Å². The van der Waals surface area contributed by atoms with Crippen LogP contribution in [0.4, 0.5) is 9.18 Å². The van der Waals surface area contributed by atoms with Crippen LogP contribution in [0, 0.1) is 5.82 Å². The van der Waals surface area contributed by atoms with E-state index in [0.717, 1.165) is 5.56 Å². The van der Waals surface area contributed by atoms with E-state index in [0.29, 0.717) is 25.3 Å². The highest BCUT2D eigenvalue weighted by atomic mass is 19.1. The average Bonchev–Trinajstić information content (AvgIpc) is 3.21. The van der Waals surface area contributed by atoms with Crippen LogP contribution in [0.3, 0.4) is 0 Å². The number of ether oxygens (including phenoxy) is 2. The number of fused-ring (bicyclic) bond motifs is 1. The fourth-order valence-electron chi connectivity index (χ4n) is 4.29. The molecule has 1 aromatic carbocycles. The molecule has 3 atom stereocenters. The summed E-state index contributed by atoms with van der Waals surface area (Å²) in [6.45, 7) is 9.09. The zero-order chi connectivity index (χ0) is 23.0. The zero-order valence-corrected chi connectivity index (χ0v) is 18.8. The number of hydrogen-bond donors (Lipinski definition) is 0. The number of halogens is 1. The van der Waals surface area contributed by atoms with Crippen LogP contribution in [-0.2, 0) is 14.3 Å². The normalized spacial score (nSPS) is 22.8. The van der Waals surface area contributed by atoms with E-state index >= 15 is 0 Å². The first-order valence-electron chi connectivity index (χ1n) is 10.8. The summed E-state index contributed by atoms with van der Waals surface area (Å²) >= 11 is 0. The lowest BCUT2D eigenvalue weighted by Crippen LogP contribution is -2.61. The molecule has 2 aliphatic heterocycles. The Morgan fingerprint density at radius 2 is 1.97 bits per heavy atom. The molecule has 3 heterocycles. The second-order valence-electron chi connectivity index (χ2n) is 9.30. The number of carbonyl (C=O) groups is 2. The minimum absolute atomic E-state index is 0.136. The van der Waals surface area contributed by atoms with Crippen LogP contribution in [0.1, 0.15) is 51.0 Å². The Labute approximate surface area is 186 Å². The summed E-state index contributed by atoms with van der Waals surface area (Å²) in [6, 6.07) is 5.39. The Morgan fingerprint density at radius 1 is 1.25 bits per heavy atom. The van der Waals surface area contributed by atoms with E-state index in [2.05, 4.69) is 9.88 Å². The summed E-state index contributed by atoms with van der Waals surface area (Å²) in [5.41, 5.74) is 1.04. The summed E-state index contributed by atoms with van der Waals surface area (Å²) in [6.07, 6.45) is 2.99. The van der Waals surface area contributed by atoms with E-state index in [-0.39, 0.29) is 36.6 Å². The highest BCUT2D eigenvalue weighted by Gasteiger charge is 2.44. The number of nitrogens with zero attached hydrogens (tertiary/aromatic N) is 4. The molecular weight excluding hydrogens is 415 g/mol. The van der Waals surface area contributed by atoms with Gasteiger partial charge in [0.05, 0.1) is 30.3 Å². The van der Waals surface area contributed by atoms with E-state index in [9.17, 15) is 14.0 Å². The van der Waals surface area contributed by atoms with Crippen LogP contribution < -0.4 is 0 Å². The number of rotatable bonds is 3. The summed E-state index contributed by atoms with van der Waals surface area (Å²) in [5, 5.41) is 0. The van der Waals surface area contributed by atoms with Gasteiger partial charge in [0.25, 0.3) is 0 Å². The maximum Gasteiger partial charge on any atom is 0.410 e. The van der Waals surface area contributed by atoms with Crippen molar-refractivity contribution in [2.75, 3.05) is 26.2 Å². The third kappa shape index (κ3) is 4.48. The average molecular weight is 445 g/mol. The standard InChI is InChI=1S/C23H29FN4O4/c1-15(16-5-7-17(24)8-6-16)28-14-25-11-19(28)20-21(29)31-13-18-12-26(9-10-27(18)20)22(30)32-23(2,3)4/h5-8,11,14-15,18,20H,9-10,12-13H2,1-4H3. The van der Waals surface area contributed by atoms with Crippen LogP contribution in [0.5, 0.6) is 0 Å². The van der Waals surface area contributed by atoms with E-state index in [1.54, 1.807) is 29.6 Å². The van der Waals surface area contributed by atoms with Crippen molar-refractivity contribution < 1.29 is 23.5 Å². The number of imidazole rings is 1. The number of carbonyl (C=O) groups excluding carboxylic acids is 2. The molecule has 9 heteroatoms. The molecule has 0 spiro atoms. The first-order valence-corrected chi connectivity index (χ1v) is 10.8. The van der Waals surface area contributed by atoms with Crippen molar-refractivity contribution in [2.24, 2.45) is 0 Å². The molecule has 1 aromatic heterocycles. The number of morpholine rings is 1. The van der Waals surface area contributed by atoms with Crippen LogP contribution >= 0.6 is 0 Å². The fraction of sp³-hybridized carbons (Fsp3) is 0.522. The Balaban J connectivity index is 1.55. The van der Waals surface area contributed by atoms with Gasteiger partial charge in [-0.1, -0.05) is 12.1 Å². The van der Waals surface area contributed by atoms with Gasteiger partial charge in [0.1, 0.15) is 18.0 Å². The summed E-state index contributed by atoms with van der Waals surface area (Å²) in [4.78, 5) is 33.4. The highest BCUT2D eigenvalue weighted by Crippen LogP contribution is 2.33. The third-order valence-corrected chi connectivity index (χ3v) is 5.90. The van der Waals surface area contributed by atoms with Crippen LogP contribution in [0.2, 0.25) is 0 Å². The van der Waals surface area contributed by atoms with Crippen molar-refractivity contribution in [3.8, 4) is 0 Å². The van der Waals surface area contributed by atoms with E-state index in [1.807, 2.05) is 32.3 Å². The van der Waals surface area contributed by atoms with Crippen LogP contribution in [0.25, 0.3) is 0 Å². The van der Waals surface area contributed by atoms with E-state index in [1.165, 1.54) is 12.1 Å². The minimum Gasteiger partial charge on any atom is -0.462 e. The summed E-state index contributed by atoms with van der Waals surface area (Å²) in [5.74, 6) is -0.631. The van der Waals surface area contributed by atoms with Gasteiger partial charge in [-0.05, 0) is 45.4 Å². The Hall–Kier alpha value is -2.94. The number of esters is 1. The van der Waals surface area contributed by atoms with Crippen molar-refractivity contribution in [3.63, 3.8) is 0 Å². The van der Waals surface area contributed by atoms with Gasteiger partial charge in [0.2, 0.25) is 0 Å². The lowest BCUT2D eigenvalue weighted by molar-refractivity contribution is -0.167. The smallest absolute Gasteiger partial charge is 0.410 e. The van der Waals surface area contributed by atoms with Crippen molar-refractivity contribution >= 4 is 12.1 Å². The molecule has 2 aromatic rings. The lowest BCUT2D eigenvalue weighted by Gasteiger charge is -2.46. The van der Waals surface area contributed by atoms with E-state index < -0.39 is 11.6 Å². The molecule has 0 aliphatic carbocycles. The zero-order valence-electron chi connectivity index (χ0n) is 18.8. The van der Waals surface area contributed by atoms with Crippen molar-refractivity contribution in [3.05, 3.63) is 53.9 Å². The molecule has 0 radical (unpaired) electrons. The van der Waals surface area contributed by atoms with Gasteiger partial charge < -0.3 is 18.9 Å². The number of hydrogen-bond acceptors (Lipinski definition) is 6. The lowest BCUT2D eigenvalue weighted by atomic mass is 10.0. The topological polar surface area (TPSA) is 76.9 Å². The van der Waals surface area contributed by atoms with Crippen LogP contribution in [-0.4, -0.2) is 69.3 Å². The van der Waals surface area contributed by atoms with Gasteiger partial charge in [-0.2, -0.15) is 0 Å². The molecular formula is C23H29FN4O4. The fourth-order valence-corrected chi connectivity index (χ4v) is 4.29. The Kier molecular flexibility index (Phi) is 5.94. The molecule has 2 saturated heterocycles. The van der Waals surface area contributed by atoms with Crippen molar-refractivity contribution in [1.82, 2.24) is 19.4 Å². The number of cyclic esters (lactones) is 1. The second kappa shape index (κ2) is 8.54. The Morgan fingerprint density at radius 3 is 2.66 bits per heavy atom. The quantitative estimate of drug-likeness (QED) is 0.677. The first-order chi connectivity index (χ1) is 15.1. The number of aromatic nitrogens is 2. The monoisotopic (exact) mass is 444 g/mol. The highest BCUT2D eigenvalue weighted by molar-refractivity contribution is 5.78. The summed E-state index contributed by atoms with van der Waals surface area (Å²) < 4.78 is 26.3. The van der Waals surface area contributed by atoms with Gasteiger partial charge in [-0.15, -0.1) is 0 Å². The van der Waals surface area contributed by atoms with Crippen molar-refractivity contribution in [2.45, 2.75) is 51.4 Å². The second-order valence-corrected chi connectivity index (χ2v) is 9.30. The number of amides is 1. The molecule has 2 aliphatic rings. The maximum atomic E-state index is 13.4. The van der Waals surface area contributed by atoms with Gasteiger partial charge in [0, 0.05) is 19.6 Å². The molecule has 172 valence electrons. The molecule has 0 bridgehead atoms. The Bertz CT molecular complexity index is 985. The molecule has 2 fully saturated rings.